The van der Waals surface area contributed by atoms with Crippen molar-refractivity contribution in [2.24, 2.45) is 0 Å². The van der Waals surface area contributed by atoms with Gasteiger partial charge in [0.1, 0.15) is 5.60 Å². The van der Waals surface area contributed by atoms with Gasteiger partial charge in [0.15, 0.2) is 0 Å². The molecule has 1 heterocycles. The number of nitrogens with one attached hydrogen (secondary N) is 2. The number of nitrogens with zero attached hydrogens (tertiary/aromatic N) is 1. The summed E-state index contributed by atoms with van der Waals surface area (Å²) in [7, 11) is -3.67. The number of aryl methyl sites for hydroxylation is 1. The highest BCUT2D eigenvalue weighted by molar-refractivity contribution is 7.92. The van der Waals surface area contributed by atoms with E-state index in [0.717, 1.165) is 16.8 Å². The molecular weight excluding hydrogens is 390 g/mol. The Balaban J connectivity index is 1.77. The van der Waals surface area contributed by atoms with Crippen LogP contribution in [0.3, 0.4) is 0 Å². The van der Waals surface area contributed by atoms with Gasteiger partial charge in [0, 0.05) is 18.8 Å². The molecule has 0 atom stereocenters. The number of sulfonamides is 1. The summed E-state index contributed by atoms with van der Waals surface area (Å²) < 4.78 is 33.3. The van der Waals surface area contributed by atoms with Crippen molar-refractivity contribution in [2.75, 3.05) is 23.1 Å². The Labute approximate surface area is 172 Å². The summed E-state index contributed by atoms with van der Waals surface area (Å²) >= 11 is 0. The molecule has 0 radical (unpaired) electrons. The third-order valence-corrected chi connectivity index (χ3v) is 5.80. The minimum atomic E-state index is -3.67. The Kier molecular flexibility index (Phi) is 5.75. The average Bonchev–Trinajstić information content (AvgIpc) is 2.82. The highest BCUT2D eigenvalue weighted by atomic mass is 32.2. The normalized spacial score (nSPS) is 14.4. The number of carbonyl (C=O) groups is 1. The van der Waals surface area contributed by atoms with E-state index in [1.807, 2.05) is 33.8 Å². The van der Waals surface area contributed by atoms with E-state index in [0.29, 0.717) is 25.3 Å². The Morgan fingerprint density at radius 1 is 1.14 bits per heavy atom. The second-order valence-corrected chi connectivity index (χ2v) is 9.80. The molecule has 2 aromatic carbocycles. The van der Waals surface area contributed by atoms with Crippen LogP contribution in [-0.2, 0) is 21.3 Å². The average molecular weight is 418 g/mol. The molecule has 156 valence electrons. The molecular formula is C21H27N3O4S. The number of carbonyl (C=O) groups excluding carboxylic acids is 1. The number of anilines is 2. The first kappa shape index (κ1) is 21.0. The zero-order valence-electron chi connectivity index (χ0n) is 17.2. The van der Waals surface area contributed by atoms with Crippen LogP contribution >= 0.6 is 0 Å². The van der Waals surface area contributed by atoms with Crippen LogP contribution in [0.15, 0.2) is 47.4 Å². The van der Waals surface area contributed by atoms with Gasteiger partial charge in [0.2, 0.25) is 0 Å². The van der Waals surface area contributed by atoms with Crippen LogP contribution in [-0.4, -0.2) is 38.1 Å². The molecule has 0 saturated carbocycles. The molecule has 0 fully saturated rings. The minimum Gasteiger partial charge on any atom is -0.444 e. The number of amides is 1. The molecule has 0 bridgehead atoms. The Morgan fingerprint density at radius 3 is 2.48 bits per heavy atom. The molecule has 0 aliphatic carbocycles. The predicted octanol–water partition coefficient (Wildman–Crippen LogP) is 3.96. The van der Waals surface area contributed by atoms with E-state index in [-0.39, 0.29) is 11.0 Å². The van der Waals surface area contributed by atoms with Gasteiger partial charge in [0.25, 0.3) is 10.0 Å². The molecule has 0 unspecified atom stereocenters. The minimum absolute atomic E-state index is 0.210. The zero-order valence-corrected chi connectivity index (χ0v) is 18.0. The van der Waals surface area contributed by atoms with Gasteiger partial charge in [-0.3, -0.25) is 4.72 Å². The summed E-state index contributed by atoms with van der Waals surface area (Å²) in [4.78, 5) is 14.2. The van der Waals surface area contributed by atoms with E-state index in [9.17, 15) is 13.2 Å². The third kappa shape index (κ3) is 5.41. The molecule has 7 nitrogen and oxygen atoms in total. The van der Waals surface area contributed by atoms with Crippen LogP contribution in [0, 0.1) is 6.92 Å². The lowest BCUT2D eigenvalue weighted by Crippen LogP contribution is -2.37. The monoisotopic (exact) mass is 417 g/mol. The number of rotatable bonds is 3. The first-order chi connectivity index (χ1) is 13.5. The first-order valence-electron chi connectivity index (χ1n) is 9.48. The van der Waals surface area contributed by atoms with Gasteiger partial charge in [-0.1, -0.05) is 23.8 Å². The van der Waals surface area contributed by atoms with Crippen molar-refractivity contribution >= 4 is 27.5 Å². The van der Waals surface area contributed by atoms with Gasteiger partial charge in [-0.05, 0) is 57.5 Å². The number of benzene rings is 2. The van der Waals surface area contributed by atoms with E-state index in [2.05, 4.69) is 10.0 Å². The van der Waals surface area contributed by atoms with Crippen LogP contribution < -0.4 is 10.0 Å². The molecule has 0 spiro atoms. The summed E-state index contributed by atoms with van der Waals surface area (Å²) in [5.74, 6) is 0. The van der Waals surface area contributed by atoms with Crippen molar-refractivity contribution in [2.45, 2.75) is 44.7 Å². The molecule has 29 heavy (non-hydrogen) atoms. The fourth-order valence-electron chi connectivity index (χ4n) is 2.97. The number of hydrogen-bond donors (Lipinski definition) is 2. The molecule has 2 aromatic rings. The molecule has 1 aliphatic heterocycles. The fourth-order valence-corrected chi connectivity index (χ4v) is 4.02. The number of fused-ring (bicyclic) bond motifs is 1. The molecule has 8 heteroatoms. The van der Waals surface area contributed by atoms with E-state index in [4.69, 9.17) is 4.74 Å². The fraction of sp³-hybridized carbons (Fsp3) is 0.381. The van der Waals surface area contributed by atoms with Crippen molar-refractivity contribution in [3.63, 3.8) is 0 Å². The highest BCUT2D eigenvalue weighted by Crippen LogP contribution is 2.27. The van der Waals surface area contributed by atoms with Crippen LogP contribution in [0.5, 0.6) is 0 Å². The van der Waals surface area contributed by atoms with Gasteiger partial charge in [-0.15, -0.1) is 0 Å². The largest absolute Gasteiger partial charge is 0.444 e. The number of ether oxygens (including phenoxy) is 1. The quantitative estimate of drug-likeness (QED) is 0.789. The zero-order chi connectivity index (χ0) is 21.2. The molecule has 0 aromatic heterocycles. The van der Waals surface area contributed by atoms with Crippen LogP contribution in [0.2, 0.25) is 0 Å². The number of hydrogen-bond acceptors (Lipinski definition) is 5. The van der Waals surface area contributed by atoms with Crippen molar-refractivity contribution in [1.29, 1.82) is 0 Å². The van der Waals surface area contributed by atoms with Gasteiger partial charge in [0.05, 0.1) is 17.1 Å². The Morgan fingerprint density at radius 2 is 1.83 bits per heavy atom. The SMILES string of the molecule is Cc1ccc(S(=O)(=O)Nc2ccc3c(c2)NCCN(C(=O)OC(C)(C)C)C3)cc1. The summed E-state index contributed by atoms with van der Waals surface area (Å²) in [5, 5.41) is 3.26. The molecule has 1 amide bonds. The summed E-state index contributed by atoms with van der Waals surface area (Å²) in [6.45, 7) is 8.84. The summed E-state index contributed by atoms with van der Waals surface area (Å²) in [6, 6.07) is 12.0. The maximum atomic E-state index is 12.6. The second-order valence-electron chi connectivity index (χ2n) is 8.12. The van der Waals surface area contributed by atoms with E-state index in [1.54, 1.807) is 41.3 Å². The van der Waals surface area contributed by atoms with Crippen LogP contribution in [0.25, 0.3) is 0 Å². The first-order valence-corrected chi connectivity index (χ1v) is 11.0. The Bertz CT molecular complexity index is 996. The smallest absolute Gasteiger partial charge is 0.410 e. The molecule has 0 saturated heterocycles. The third-order valence-electron chi connectivity index (χ3n) is 4.40. The second kappa shape index (κ2) is 7.94. The summed E-state index contributed by atoms with van der Waals surface area (Å²) in [5.41, 5.74) is 2.58. The molecule has 2 N–H and O–H groups in total. The Hall–Kier alpha value is -2.74. The predicted molar refractivity (Wildman–Crippen MR) is 114 cm³/mol. The van der Waals surface area contributed by atoms with Gasteiger partial charge >= 0.3 is 6.09 Å². The lowest BCUT2D eigenvalue weighted by atomic mass is 10.1. The standard InChI is InChI=1S/C21H27N3O4S/c1-15-5-9-18(10-6-15)29(26,27)23-17-8-7-16-14-24(12-11-22-19(16)13-17)20(25)28-21(2,3)4/h5-10,13,22-23H,11-12,14H2,1-4H3. The van der Waals surface area contributed by atoms with Crippen molar-refractivity contribution < 1.29 is 17.9 Å². The summed E-state index contributed by atoms with van der Waals surface area (Å²) in [6.07, 6.45) is -0.365. The van der Waals surface area contributed by atoms with Gasteiger partial charge in [-0.2, -0.15) is 0 Å². The molecule has 1 aliphatic rings. The van der Waals surface area contributed by atoms with Crippen molar-refractivity contribution in [3.8, 4) is 0 Å². The lowest BCUT2D eigenvalue weighted by molar-refractivity contribution is 0.0245. The van der Waals surface area contributed by atoms with Crippen LogP contribution in [0.4, 0.5) is 16.2 Å². The maximum Gasteiger partial charge on any atom is 0.410 e. The van der Waals surface area contributed by atoms with E-state index < -0.39 is 15.6 Å². The van der Waals surface area contributed by atoms with Gasteiger partial charge in [-0.25, -0.2) is 13.2 Å². The van der Waals surface area contributed by atoms with Crippen molar-refractivity contribution in [3.05, 3.63) is 53.6 Å². The van der Waals surface area contributed by atoms with E-state index >= 15 is 0 Å². The van der Waals surface area contributed by atoms with Crippen LogP contribution in [0.1, 0.15) is 31.9 Å². The van der Waals surface area contributed by atoms with Crippen molar-refractivity contribution in [1.82, 2.24) is 4.90 Å². The maximum absolute atomic E-state index is 12.6. The molecule has 3 rings (SSSR count). The van der Waals surface area contributed by atoms with Gasteiger partial charge < -0.3 is 15.0 Å². The van der Waals surface area contributed by atoms with E-state index in [1.165, 1.54) is 0 Å². The topological polar surface area (TPSA) is 87.7 Å². The highest BCUT2D eigenvalue weighted by Gasteiger charge is 2.25. The lowest BCUT2D eigenvalue weighted by Gasteiger charge is -2.26.